The van der Waals surface area contributed by atoms with Crippen molar-refractivity contribution in [2.75, 3.05) is 11.9 Å². The second-order valence-electron chi connectivity index (χ2n) is 8.79. The van der Waals surface area contributed by atoms with Crippen LogP contribution in [-0.4, -0.2) is 39.8 Å². The highest BCUT2D eigenvalue weighted by Gasteiger charge is 2.34. The number of amidine groups is 1. The Morgan fingerprint density at radius 3 is 2.69 bits per heavy atom. The molecular weight excluding hydrogens is 627 g/mol. The van der Waals surface area contributed by atoms with Gasteiger partial charge in [-0.2, -0.15) is 5.10 Å². The van der Waals surface area contributed by atoms with Gasteiger partial charge in [0.05, 0.1) is 23.9 Å². The van der Waals surface area contributed by atoms with Crippen LogP contribution >= 0.6 is 27.7 Å². The van der Waals surface area contributed by atoms with E-state index in [4.69, 9.17) is 9.15 Å². The molecular formula is C30H22BrFN4O5S. The van der Waals surface area contributed by atoms with Crippen molar-refractivity contribution in [2.24, 2.45) is 10.2 Å². The number of nitrogens with zero attached hydrogens (tertiary/aromatic N) is 3. The van der Waals surface area contributed by atoms with Gasteiger partial charge < -0.3 is 19.6 Å². The first-order chi connectivity index (χ1) is 20.4. The number of aromatic hydroxyl groups is 1. The van der Waals surface area contributed by atoms with Crippen molar-refractivity contribution < 1.29 is 28.2 Å². The number of amides is 2. The number of carbonyl (C=O) groups is 2. The molecule has 0 atom stereocenters. The van der Waals surface area contributed by atoms with Crippen LogP contribution in [0.15, 0.2) is 109 Å². The van der Waals surface area contributed by atoms with E-state index in [1.165, 1.54) is 47.7 Å². The molecule has 0 bridgehead atoms. The second-order valence-corrected chi connectivity index (χ2v) is 10.7. The van der Waals surface area contributed by atoms with Crippen LogP contribution in [-0.2, 0) is 16.1 Å². The fourth-order valence-electron chi connectivity index (χ4n) is 3.80. The van der Waals surface area contributed by atoms with Crippen molar-refractivity contribution in [3.63, 3.8) is 0 Å². The second kappa shape index (κ2) is 13.3. The zero-order chi connectivity index (χ0) is 29.5. The van der Waals surface area contributed by atoms with Crippen molar-refractivity contribution in [1.82, 2.24) is 4.90 Å². The lowest BCUT2D eigenvalue weighted by Gasteiger charge is -2.12. The van der Waals surface area contributed by atoms with Crippen LogP contribution in [0.4, 0.5) is 10.1 Å². The predicted molar refractivity (Wildman–Crippen MR) is 163 cm³/mol. The molecule has 2 amide bonds. The van der Waals surface area contributed by atoms with E-state index in [-0.39, 0.29) is 24.8 Å². The molecule has 1 aliphatic rings. The number of nitrogens with one attached hydrogen (secondary N) is 1. The summed E-state index contributed by atoms with van der Waals surface area (Å²) in [7, 11) is 0. The highest BCUT2D eigenvalue weighted by atomic mass is 79.9. The van der Waals surface area contributed by atoms with E-state index in [0.29, 0.717) is 38.4 Å². The Morgan fingerprint density at radius 1 is 1.10 bits per heavy atom. The minimum Gasteiger partial charge on any atom is -0.507 e. The third-order valence-electron chi connectivity index (χ3n) is 5.80. The van der Waals surface area contributed by atoms with E-state index in [2.05, 4.69) is 31.4 Å². The summed E-state index contributed by atoms with van der Waals surface area (Å²) in [5.74, 6) is -0.172. The third kappa shape index (κ3) is 7.33. The molecule has 0 unspecified atom stereocenters. The first-order valence-electron chi connectivity index (χ1n) is 12.5. The molecule has 212 valence electrons. The van der Waals surface area contributed by atoms with Crippen molar-refractivity contribution in [1.29, 1.82) is 0 Å². The number of benzene rings is 3. The SMILES string of the molecule is O=C(COc1ccccc1/C=C1\S/C(=N\N=C\c2cc(Br)ccc2O)N(Cc2ccco2)C1=O)Nc1ccc(F)cc1. The number of hydrogen-bond donors (Lipinski definition) is 2. The molecule has 42 heavy (non-hydrogen) atoms. The molecule has 1 aliphatic heterocycles. The number of phenolic OH excluding ortho intramolecular Hbond substituents is 1. The monoisotopic (exact) mass is 648 g/mol. The van der Waals surface area contributed by atoms with Crippen molar-refractivity contribution in [2.45, 2.75) is 6.54 Å². The van der Waals surface area contributed by atoms with Gasteiger partial charge in [0.25, 0.3) is 11.8 Å². The number of rotatable bonds is 9. The molecule has 1 fully saturated rings. The number of anilines is 1. The zero-order valence-electron chi connectivity index (χ0n) is 21.7. The van der Waals surface area contributed by atoms with E-state index in [9.17, 15) is 19.1 Å². The fraction of sp³-hybridized carbons (Fsp3) is 0.0667. The molecule has 0 spiro atoms. The van der Waals surface area contributed by atoms with Crippen molar-refractivity contribution >= 4 is 62.7 Å². The van der Waals surface area contributed by atoms with Gasteiger partial charge in [0.2, 0.25) is 0 Å². The number of thioether (sulfide) groups is 1. The molecule has 12 heteroatoms. The van der Waals surface area contributed by atoms with Crippen LogP contribution < -0.4 is 10.1 Å². The maximum atomic E-state index is 13.5. The van der Waals surface area contributed by atoms with Crippen LogP contribution in [0.2, 0.25) is 0 Å². The molecule has 5 rings (SSSR count). The average Bonchev–Trinajstić information content (AvgIpc) is 3.60. The summed E-state index contributed by atoms with van der Waals surface area (Å²) >= 11 is 4.47. The minimum atomic E-state index is -0.427. The first kappa shape index (κ1) is 28.8. The quantitative estimate of drug-likeness (QED) is 0.123. The van der Waals surface area contributed by atoms with Gasteiger partial charge in [-0.1, -0.05) is 34.1 Å². The van der Waals surface area contributed by atoms with Gasteiger partial charge in [-0.25, -0.2) is 4.39 Å². The highest BCUT2D eigenvalue weighted by Crippen LogP contribution is 2.35. The van der Waals surface area contributed by atoms with Crippen LogP contribution in [0, 0.1) is 5.82 Å². The van der Waals surface area contributed by atoms with E-state index in [0.717, 1.165) is 16.2 Å². The lowest BCUT2D eigenvalue weighted by atomic mass is 10.2. The number of halogens is 2. The smallest absolute Gasteiger partial charge is 0.267 e. The van der Waals surface area contributed by atoms with E-state index >= 15 is 0 Å². The van der Waals surface area contributed by atoms with Crippen LogP contribution in [0.1, 0.15) is 16.9 Å². The normalized spacial score (nSPS) is 15.2. The zero-order valence-corrected chi connectivity index (χ0v) is 24.1. The molecule has 4 aromatic rings. The lowest BCUT2D eigenvalue weighted by Crippen LogP contribution is -2.28. The molecule has 2 N–H and O–H groups in total. The Labute approximate surface area is 252 Å². The first-order valence-corrected chi connectivity index (χ1v) is 14.1. The Morgan fingerprint density at radius 2 is 1.90 bits per heavy atom. The predicted octanol–water partition coefficient (Wildman–Crippen LogP) is 6.41. The summed E-state index contributed by atoms with van der Waals surface area (Å²) in [6, 6.07) is 20.8. The van der Waals surface area contributed by atoms with Gasteiger partial charge >= 0.3 is 0 Å². The van der Waals surface area contributed by atoms with Gasteiger partial charge in [0.1, 0.15) is 23.1 Å². The van der Waals surface area contributed by atoms with Gasteiger partial charge in [0.15, 0.2) is 11.8 Å². The summed E-state index contributed by atoms with van der Waals surface area (Å²) in [4.78, 5) is 27.7. The summed E-state index contributed by atoms with van der Waals surface area (Å²) in [5.41, 5.74) is 1.46. The molecule has 0 aliphatic carbocycles. The third-order valence-corrected chi connectivity index (χ3v) is 7.29. The average molecular weight is 649 g/mol. The van der Waals surface area contributed by atoms with Crippen LogP contribution in [0.25, 0.3) is 6.08 Å². The maximum Gasteiger partial charge on any atom is 0.267 e. The Hall–Kier alpha value is -4.68. The number of carbonyl (C=O) groups excluding carboxylic acids is 2. The molecule has 9 nitrogen and oxygen atoms in total. The number of phenols is 1. The molecule has 3 aromatic carbocycles. The van der Waals surface area contributed by atoms with Gasteiger partial charge in [-0.3, -0.25) is 14.5 Å². The topological polar surface area (TPSA) is 117 Å². The summed E-state index contributed by atoms with van der Waals surface area (Å²) in [5, 5.41) is 21.4. The highest BCUT2D eigenvalue weighted by molar-refractivity contribution is 9.10. The molecule has 2 heterocycles. The molecule has 1 saturated heterocycles. The standard InChI is InChI=1S/C30H22BrFN4O5S/c31-21-7-12-25(37)20(14-21)16-33-35-30-36(17-24-5-3-13-40-24)29(39)27(42-30)15-19-4-1-2-6-26(19)41-18-28(38)34-23-10-8-22(32)9-11-23/h1-16,37H,17-18H2,(H,34,38)/b27-15-,33-16+,35-30-. The Bertz CT molecular complexity index is 1690. The summed E-state index contributed by atoms with van der Waals surface area (Å²) in [6.07, 6.45) is 4.57. The number of ether oxygens (including phenoxy) is 1. The van der Waals surface area contributed by atoms with E-state index in [1.54, 1.807) is 54.6 Å². The number of hydrogen-bond acceptors (Lipinski definition) is 8. The Kier molecular flexibility index (Phi) is 9.15. The lowest BCUT2D eigenvalue weighted by molar-refractivity contribution is -0.122. The van der Waals surface area contributed by atoms with Crippen LogP contribution in [0.3, 0.4) is 0 Å². The van der Waals surface area contributed by atoms with Crippen molar-refractivity contribution in [3.05, 3.63) is 117 Å². The number of para-hydroxylation sites is 1. The summed E-state index contributed by atoms with van der Waals surface area (Å²) in [6.45, 7) is -0.165. The minimum absolute atomic E-state index is 0.0354. The Balaban J connectivity index is 1.35. The number of furan rings is 1. The summed E-state index contributed by atoms with van der Waals surface area (Å²) < 4.78 is 25.1. The van der Waals surface area contributed by atoms with Gasteiger partial charge in [-0.15, -0.1) is 5.10 Å². The van der Waals surface area contributed by atoms with E-state index in [1.807, 2.05) is 0 Å². The van der Waals surface area contributed by atoms with E-state index < -0.39 is 11.7 Å². The maximum absolute atomic E-state index is 13.5. The largest absolute Gasteiger partial charge is 0.507 e. The molecule has 0 radical (unpaired) electrons. The molecule has 0 saturated carbocycles. The fourth-order valence-corrected chi connectivity index (χ4v) is 5.10. The van der Waals surface area contributed by atoms with Gasteiger partial charge in [0, 0.05) is 21.3 Å². The van der Waals surface area contributed by atoms with Gasteiger partial charge in [-0.05, 0) is 78.5 Å². The van der Waals surface area contributed by atoms with Crippen LogP contribution in [0.5, 0.6) is 11.5 Å². The molecule has 1 aromatic heterocycles. The van der Waals surface area contributed by atoms with Crippen molar-refractivity contribution in [3.8, 4) is 11.5 Å².